The van der Waals surface area contributed by atoms with E-state index in [-0.39, 0.29) is 12.1 Å². The number of nitrogens with one attached hydrogen (secondary N) is 1. The minimum atomic E-state index is -1.13. The van der Waals surface area contributed by atoms with E-state index in [9.17, 15) is 9.32 Å². The molecule has 5 heterocycles. The Morgan fingerprint density at radius 2 is 1.68 bits per heavy atom. The molecule has 0 amide bonds. The predicted octanol–water partition coefficient (Wildman–Crippen LogP) is 2.33. The Morgan fingerprint density at radius 1 is 1.00 bits per heavy atom. The number of hydrogen-bond acceptors (Lipinski definition) is 9. The van der Waals surface area contributed by atoms with Gasteiger partial charge in [-0.2, -0.15) is 4.98 Å². The van der Waals surface area contributed by atoms with Crippen molar-refractivity contribution < 1.29 is 9.32 Å². The Kier molecular flexibility index (Phi) is 5.69. The zero-order valence-corrected chi connectivity index (χ0v) is 20.5. The minimum Gasteiger partial charge on any atom is -0.394 e. The van der Waals surface area contributed by atoms with Crippen LogP contribution in [0, 0.1) is 0 Å². The standard InChI is InChI=1S/C23H28ClN7O2S/c24-17-8-25-21(26-9-17)30-10-15-12-31(13-16(15)11-30)22-27-18-4-1-2-7-34(33)19(18)20(28-22)29-23(14-32)5-3-6-23/h8-9,32H,1-7,10-14H2,(H,27,28,29)/t34-/m1/s1. The van der Waals surface area contributed by atoms with Crippen LogP contribution in [0.5, 0.6) is 0 Å². The Bertz CT molecular complexity index is 1150. The molecule has 0 spiro atoms. The molecule has 11 heteroatoms. The maximum absolute atomic E-state index is 13.1. The number of hydrogen-bond donors (Lipinski definition) is 2. The number of aromatic nitrogens is 4. The van der Waals surface area contributed by atoms with E-state index < -0.39 is 10.8 Å². The largest absolute Gasteiger partial charge is 0.394 e. The molecule has 0 bridgehead atoms. The molecular formula is C23H28ClN7O2S. The second-order valence-electron chi connectivity index (χ2n) is 9.69. The van der Waals surface area contributed by atoms with Crippen molar-refractivity contribution >= 4 is 40.1 Å². The van der Waals surface area contributed by atoms with Crippen LogP contribution in [0.15, 0.2) is 28.4 Å². The molecule has 3 aliphatic heterocycles. The Morgan fingerprint density at radius 3 is 2.29 bits per heavy atom. The SMILES string of the molecule is O=[S@@]1CCCCc2nc(N3CC4=C(CN(c5ncc(Cl)cn5)C4)C3)nc(NC3(CO)CCC3)c21. The molecule has 4 aliphatic rings. The normalized spacial score (nSPS) is 23.4. The van der Waals surface area contributed by atoms with Crippen molar-refractivity contribution in [1.82, 2.24) is 19.9 Å². The Balaban J connectivity index is 1.25. The van der Waals surface area contributed by atoms with Crippen LogP contribution in [0.3, 0.4) is 0 Å². The zero-order chi connectivity index (χ0) is 23.3. The first kappa shape index (κ1) is 22.2. The monoisotopic (exact) mass is 501 g/mol. The van der Waals surface area contributed by atoms with E-state index in [2.05, 4.69) is 25.1 Å². The Hall–Kier alpha value is -2.30. The molecule has 9 nitrogen and oxygen atoms in total. The van der Waals surface area contributed by atoms with E-state index in [1.165, 1.54) is 11.1 Å². The van der Waals surface area contributed by atoms with Crippen molar-refractivity contribution in [2.45, 2.75) is 49.0 Å². The quantitative estimate of drug-likeness (QED) is 0.597. The van der Waals surface area contributed by atoms with Crippen LogP contribution in [-0.2, 0) is 17.2 Å². The smallest absolute Gasteiger partial charge is 0.228 e. The van der Waals surface area contributed by atoms with E-state index >= 15 is 0 Å². The van der Waals surface area contributed by atoms with Crippen LogP contribution in [0.25, 0.3) is 0 Å². The van der Waals surface area contributed by atoms with Crippen molar-refractivity contribution in [1.29, 1.82) is 0 Å². The number of fused-ring (bicyclic) bond motifs is 1. The Labute approximate surface area is 206 Å². The maximum Gasteiger partial charge on any atom is 0.228 e. The van der Waals surface area contributed by atoms with Crippen molar-refractivity contribution in [2.75, 3.05) is 53.7 Å². The van der Waals surface area contributed by atoms with Gasteiger partial charge in [0.1, 0.15) is 10.7 Å². The summed E-state index contributed by atoms with van der Waals surface area (Å²) >= 11 is 5.93. The van der Waals surface area contributed by atoms with Crippen molar-refractivity contribution in [3.63, 3.8) is 0 Å². The molecule has 1 saturated carbocycles. The lowest BCUT2D eigenvalue weighted by molar-refractivity contribution is 0.143. The van der Waals surface area contributed by atoms with Gasteiger partial charge < -0.3 is 20.2 Å². The van der Waals surface area contributed by atoms with Crippen LogP contribution in [0.2, 0.25) is 5.02 Å². The third kappa shape index (κ3) is 3.95. The summed E-state index contributed by atoms with van der Waals surface area (Å²) in [5.74, 6) is 2.66. The molecule has 0 radical (unpaired) electrons. The summed E-state index contributed by atoms with van der Waals surface area (Å²) in [4.78, 5) is 23.6. The zero-order valence-electron chi connectivity index (χ0n) is 19.0. The van der Waals surface area contributed by atoms with E-state index in [0.29, 0.717) is 28.5 Å². The lowest BCUT2D eigenvalue weighted by atomic mass is 9.77. The van der Waals surface area contributed by atoms with Gasteiger partial charge in [-0.1, -0.05) is 11.6 Å². The molecule has 1 fully saturated rings. The van der Waals surface area contributed by atoms with Crippen LogP contribution >= 0.6 is 11.6 Å². The highest BCUT2D eigenvalue weighted by molar-refractivity contribution is 7.85. The maximum atomic E-state index is 13.1. The first-order chi connectivity index (χ1) is 16.5. The average Bonchev–Trinajstić information content (AvgIpc) is 3.33. The van der Waals surface area contributed by atoms with Gasteiger partial charge in [-0.3, -0.25) is 4.21 Å². The highest BCUT2D eigenvalue weighted by Gasteiger charge is 2.39. The molecule has 34 heavy (non-hydrogen) atoms. The molecule has 1 aliphatic carbocycles. The van der Waals surface area contributed by atoms with Gasteiger partial charge in [-0.05, 0) is 49.7 Å². The summed E-state index contributed by atoms with van der Waals surface area (Å²) in [5.41, 5.74) is 3.22. The van der Waals surface area contributed by atoms with E-state index in [4.69, 9.17) is 21.6 Å². The van der Waals surface area contributed by atoms with E-state index in [0.717, 1.165) is 75.3 Å². The van der Waals surface area contributed by atoms with Crippen LogP contribution in [0.1, 0.15) is 37.8 Å². The van der Waals surface area contributed by atoms with Crippen LogP contribution in [0.4, 0.5) is 17.7 Å². The van der Waals surface area contributed by atoms with Gasteiger partial charge in [-0.15, -0.1) is 0 Å². The summed E-state index contributed by atoms with van der Waals surface area (Å²) in [5, 5.41) is 14.1. The minimum absolute atomic E-state index is 0.0515. The highest BCUT2D eigenvalue weighted by atomic mass is 35.5. The third-order valence-electron chi connectivity index (χ3n) is 7.34. The average molecular weight is 502 g/mol. The summed E-state index contributed by atoms with van der Waals surface area (Å²) in [6, 6.07) is 0. The summed E-state index contributed by atoms with van der Waals surface area (Å²) < 4.78 is 13.1. The summed E-state index contributed by atoms with van der Waals surface area (Å²) in [6.45, 7) is 3.12. The molecular weight excluding hydrogens is 474 g/mol. The molecule has 0 unspecified atom stereocenters. The lowest BCUT2D eigenvalue weighted by Gasteiger charge is -2.42. The first-order valence-corrected chi connectivity index (χ1v) is 13.6. The molecule has 2 aromatic heterocycles. The summed E-state index contributed by atoms with van der Waals surface area (Å²) in [6.07, 6.45) is 8.83. The van der Waals surface area contributed by atoms with Crippen LogP contribution in [-0.4, -0.2) is 73.3 Å². The third-order valence-corrected chi connectivity index (χ3v) is 9.08. The van der Waals surface area contributed by atoms with Gasteiger partial charge in [0.05, 0.1) is 46.1 Å². The fraction of sp³-hybridized carbons (Fsp3) is 0.565. The second-order valence-corrected chi connectivity index (χ2v) is 11.6. The second kappa shape index (κ2) is 8.73. The molecule has 1 atom stereocenters. The number of rotatable bonds is 5. The van der Waals surface area contributed by atoms with Gasteiger partial charge in [0.2, 0.25) is 11.9 Å². The molecule has 2 aromatic rings. The first-order valence-electron chi connectivity index (χ1n) is 11.9. The fourth-order valence-corrected chi connectivity index (χ4v) is 6.75. The van der Waals surface area contributed by atoms with Gasteiger partial charge in [0.25, 0.3) is 0 Å². The predicted molar refractivity (Wildman–Crippen MR) is 132 cm³/mol. The van der Waals surface area contributed by atoms with Gasteiger partial charge in [0.15, 0.2) is 0 Å². The molecule has 2 N–H and O–H groups in total. The van der Waals surface area contributed by atoms with Gasteiger partial charge >= 0.3 is 0 Å². The van der Waals surface area contributed by atoms with Gasteiger partial charge in [-0.25, -0.2) is 15.0 Å². The van der Waals surface area contributed by atoms with Crippen molar-refractivity contribution in [2.24, 2.45) is 0 Å². The van der Waals surface area contributed by atoms with Crippen molar-refractivity contribution in [3.05, 3.63) is 34.3 Å². The van der Waals surface area contributed by atoms with Gasteiger partial charge in [0, 0.05) is 31.9 Å². The topological polar surface area (TPSA) is 107 Å². The number of nitrogens with zero attached hydrogens (tertiary/aromatic N) is 6. The molecule has 180 valence electrons. The number of aliphatic hydroxyl groups excluding tert-OH is 1. The lowest BCUT2D eigenvalue weighted by Crippen LogP contribution is -2.49. The molecule has 0 saturated heterocycles. The van der Waals surface area contributed by atoms with E-state index in [1.54, 1.807) is 12.4 Å². The van der Waals surface area contributed by atoms with Crippen molar-refractivity contribution in [3.8, 4) is 0 Å². The number of anilines is 3. The number of aryl methyl sites for hydroxylation is 1. The molecule has 6 rings (SSSR count). The number of halogens is 1. The van der Waals surface area contributed by atoms with Crippen LogP contribution < -0.4 is 15.1 Å². The fourth-order valence-electron chi connectivity index (χ4n) is 5.26. The highest BCUT2D eigenvalue weighted by Crippen LogP contribution is 2.38. The van der Waals surface area contributed by atoms with E-state index in [1.807, 2.05) is 0 Å². The molecule has 0 aromatic carbocycles. The summed E-state index contributed by atoms with van der Waals surface area (Å²) in [7, 11) is -1.13. The number of aliphatic hydroxyl groups is 1.